The lowest BCUT2D eigenvalue weighted by Gasteiger charge is -2.05. The number of non-ortho nitro benzene ring substituents is 1. The number of nitrogens with zero attached hydrogens (tertiary/aromatic N) is 1. The Kier molecular flexibility index (Phi) is 3.84. The van der Waals surface area contributed by atoms with Crippen LogP contribution in [0.3, 0.4) is 0 Å². The average Bonchev–Trinajstić information content (AvgIpc) is 2.21. The van der Waals surface area contributed by atoms with E-state index in [2.05, 4.69) is 17.2 Å². The van der Waals surface area contributed by atoms with E-state index in [-0.39, 0.29) is 16.4 Å². The minimum atomic E-state index is -0.576. The molecule has 0 fully saturated rings. The second-order valence-corrected chi connectivity index (χ2v) is 3.13. The van der Waals surface area contributed by atoms with Gasteiger partial charge in [-0.1, -0.05) is 18.2 Å². The predicted octanol–water partition coefficient (Wildman–Crippen LogP) is 2.51. The van der Waals surface area contributed by atoms with Gasteiger partial charge in [-0.2, -0.15) is 0 Å². The topological polar surface area (TPSA) is 84.3 Å². The zero-order valence-electron chi connectivity index (χ0n) is 8.07. The number of rotatable bonds is 3. The predicted molar refractivity (Wildman–Crippen MR) is 60.5 cm³/mol. The molecular weight excluding hydrogens is 234 g/mol. The summed E-state index contributed by atoms with van der Waals surface area (Å²) in [5.41, 5.74) is 0.00789. The summed E-state index contributed by atoms with van der Waals surface area (Å²) in [6.07, 6.45) is 1.18. The van der Waals surface area contributed by atoms with E-state index in [0.717, 1.165) is 0 Å². The van der Waals surface area contributed by atoms with Gasteiger partial charge in [0.1, 0.15) is 0 Å². The highest BCUT2D eigenvalue weighted by Gasteiger charge is 2.11. The summed E-state index contributed by atoms with van der Waals surface area (Å²) in [6, 6.07) is 3.19. The molecule has 0 heterocycles. The first-order valence-electron chi connectivity index (χ1n) is 4.17. The molecule has 7 heteroatoms. The molecule has 0 bridgehead atoms. The van der Waals surface area contributed by atoms with E-state index in [1.807, 2.05) is 0 Å². The standard InChI is InChI=1S/C9H8ClN3O3/c1-2-11-9(14)12-8-5-6(13(15)16)3-4-7(8)10/h2-5H,1H2,(H2,11,12,14). The first kappa shape index (κ1) is 12.0. The van der Waals surface area contributed by atoms with Crippen molar-refractivity contribution in [3.8, 4) is 0 Å². The molecule has 0 aliphatic heterocycles. The number of amides is 2. The van der Waals surface area contributed by atoms with Gasteiger partial charge in [0.2, 0.25) is 0 Å². The molecule has 2 N–H and O–H groups in total. The van der Waals surface area contributed by atoms with Crippen LogP contribution in [0.4, 0.5) is 16.2 Å². The Balaban J connectivity index is 2.94. The molecule has 1 rings (SSSR count). The smallest absolute Gasteiger partial charge is 0.315 e. The van der Waals surface area contributed by atoms with E-state index in [4.69, 9.17) is 11.6 Å². The molecule has 16 heavy (non-hydrogen) atoms. The minimum Gasteiger partial charge on any atom is -0.315 e. The van der Waals surface area contributed by atoms with Gasteiger partial charge in [0.05, 0.1) is 15.6 Å². The van der Waals surface area contributed by atoms with Gasteiger partial charge >= 0.3 is 6.03 Å². The van der Waals surface area contributed by atoms with E-state index in [1.54, 1.807) is 0 Å². The largest absolute Gasteiger partial charge is 0.323 e. The molecule has 1 aromatic carbocycles. The first-order valence-corrected chi connectivity index (χ1v) is 4.54. The molecule has 0 radical (unpaired) electrons. The molecule has 84 valence electrons. The Morgan fingerprint density at radius 2 is 2.25 bits per heavy atom. The Morgan fingerprint density at radius 3 is 2.81 bits per heavy atom. The Hall–Kier alpha value is -2.08. The van der Waals surface area contributed by atoms with Crippen LogP contribution in [-0.4, -0.2) is 11.0 Å². The van der Waals surface area contributed by atoms with Crippen LogP contribution in [-0.2, 0) is 0 Å². The lowest BCUT2D eigenvalue weighted by Crippen LogP contribution is -2.23. The van der Waals surface area contributed by atoms with E-state index < -0.39 is 11.0 Å². The molecule has 2 amide bonds. The molecule has 0 aromatic heterocycles. The molecule has 0 atom stereocenters. The number of hydrogen-bond acceptors (Lipinski definition) is 3. The van der Waals surface area contributed by atoms with Crippen LogP contribution in [0.25, 0.3) is 0 Å². The van der Waals surface area contributed by atoms with Crippen LogP contribution in [0.15, 0.2) is 31.0 Å². The molecule has 0 aliphatic carbocycles. The normalized spacial score (nSPS) is 9.31. The van der Waals surface area contributed by atoms with Crippen molar-refractivity contribution >= 4 is 29.0 Å². The zero-order valence-corrected chi connectivity index (χ0v) is 8.82. The third-order valence-corrected chi connectivity index (χ3v) is 1.97. The van der Waals surface area contributed by atoms with Crippen molar-refractivity contribution in [3.63, 3.8) is 0 Å². The lowest BCUT2D eigenvalue weighted by atomic mass is 10.3. The molecule has 0 unspecified atom stereocenters. The van der Waals surface area contributed by atoms with Crippen molar-refractivity contribution < 1.29 is 9.72 Å². The monoisotopic (exact) mass is 241 g/mol. The number of carbonyl (C=O) groups is 1. The second-order valence-electron chi connectivity index (χ2n) is 2.72. The summed E-state index contributed by atoms with van der Waals surface area (Å²) in [5.74, 6) is 0. The van der Waals surface area contributed by atoms with Gasteiger partial charge in [-0.15, -0.1) is 0 Å². The number of carbonyl (C=O) groups excluding carboxylic acids is 1. The third kappa shape index (κ3) is 2.96. The van der Waals surface area contributed by atoms with Crippen molar-refractivity contribution in [1.29, 1.82) is 0 Å². The van der Waals surface area contributed by atoms with Gasteiger partial charge in [-0.05, 0) is 12.3 Å². The van der Waals surface area contributed by atoms with Crippen molar-refractivity contribution in [3.05, 3.63) is 46.1 Å². The molecule has 6 nitrogen and oxygen atoms in total. The highest BCUT2D eigenvalue weighted by molar-refractivity contribution is 6.33. The van der Waals surface area contributed by atoms with Crippen molar-refractivity contribution in [2.24, 2.45) is 0 Å². The van der Waals surface area contributed by atoms with Crippen LogP contribution in [0.2, 0.25) is 5.02 Å². The van der Waals surface area contributed by atoms with Gasteiger partial charge < -0.3 is 10.6 Å². The van der Waals surface area contributed by atoms with Crippen LogP contribution in [0.5, 0.6) is 0 Å². The van der Waals surface area contributed by atoms with E-state index in [1.165, 1.54) is 24.4 Å². The Morgan fingerprint density at radius 1 is 1.56 bits per heavy atom. The molecule has 1 aromatic rings. The van der Waals surface area contributed by atoms with Gasteiger partial charge in [-0.25, -0.2) is 4.79 Å². The summed E-state index contributed by atoms with van der Waals surface area (Å²) in [7, 11) is 0. The highest BCUT2D eigenvalue weighted by Crippen LogP contribution is 2.26. The van der Waals surface area contributed by atoms with Crippen LogP contribution in [0, 0.1) is 10.1 Å². The second kappa shape index (κ2) is 5.13. The van der Waals surface area contributed by atoms with E-state index in [0.29, 0.717) is 0 Å². The van der Waals surface area contributed by atoms with E-state index >= 15 is 0 Å². The Bertz CT molecular complexity index is 448. The number of nitro benzene ring substituents is 1. The number of hydrogen-bond donors (Lipinski definition) is 2. The van der Waals surface area contributed by atoms with Crippen molar-refractivity contribution in [1.82, 2.24) is 5.32 Å². The van der Waals surface area contributed by atoms with Crippen LogP contribution < -0.4 is 10.6 Å². The molecular formula is C9H8ClN3O3. The summed E-state index contributed by atoms with van der Waals surface area (Å²) in [5, 5.41) is 15.3. The maximum atomic E-state index is 11.1. The fraction of sp³-hybridized carbons (Fsp3) is 0. The highest BCUT2D eigenvalue weighted by atomic mass is 35.5. The Labute approximate surface area is 96.1 Å². The SMILES string of the molecule is C=CNC(=O)Nc1cc([N+](=O)[O-])ccc1Cl. The molecule has 0 spiro atoms. The summed E-state index contributed by atoms with van der Waals surface area (Å²) in [4.78, 5) is 21.0. The van der Waals surface area contributed by atoms with Gasteiger partial charge in [0, 0.05) is 12.1 Å². The minimum absolute atomic E-state index is 0.154. The van der Waals surface area contributed by atoms with Crippen molar-refractivity contribution in [2.75, 3.05) is 5.32 Å². The average molecular weight is 242 g/mol. The van der Waals surface area contributed by atoms with Crippen LogP contribution in [0.1, 0.15) is 0 Å². The molecule has 0 saturated heterocycles. The fourth-order valence-corrected chi connectivity index (χ4v) is 1.14. The maximum absolute atomic E-state index is 11.1. The van der Waals surface area contributed by atoms with Gasteiger partial charge in [0.15, 0.2) is 0 Å². The van der Waals surface area contributed by atoms with E-state index in [9.17, 15) is 14.9 Å². The summed E-state index contributed by atoms with van der Waals surface area (Å²) >= 11 is 5.75. The molecule has 0 saturated carbocycles. The van der Waals surface area contributed by atoms with Crippen LogP contribution >= 0.6 is 11.6 Å². The number of benzene rings is 1. The number of nitrogens with one attached hydrogen (secondary N) is 2. The third-order valence-electron chi connectivity index (χ3n) is 1.64. The molecule has 0 aliphatic rings. The lowest BCUT2D eigenvalue weighted by molar-refractivity contribution is -0.384. The quantitative estimate of drug-likeness (QED) is 0.630. The number of anilines is 1. The van der Waals surface area contributed by atoms with Gasteiger partial charge in [0.25, 0.3) is 5.69 Å². The number of nitro groups is 1. The summed E-state index contributed by atoms with van der Waals surface area (Å²) in [6.45, 7) is 3.30. The number of urea groups is 1. The zero-order chi connectivity index (χ0) is 12.1. The maximum Gasteiger partial charge on any atom is 0.323 e. The number of halogens is 1. The van der Waals surface area contributed by atoms with Crippen molar-refractivity contribution in [2.45, 2.75) is 0 Å². The first-order chi connectivity index (χ1) is 7.54. The summed E-state index contributed by atoms with van der Waals surface area (Å²) < 4.78 is 0. The fourth-order valence-electron chi connectivity index (χ4n) is 0.974. The van der Waals surface area contributed by atoms with Gasteiger partial charge in [-0.3, -0.25) is 10.1 Å².